The normalized spacial score (nSPS) is 10.4. The van der Waals surface area contributed by atoms with Gasteiger partial charge in [0.25, 0.3) is 0 Å². The number of likely N-dealkylation sites (N-methyl/N-ethyl adjacent to an activating group) is 1. The fourth-order valence-electron chi connectivity index (χ4n) is 2.36. The van der Waals surface area contributed by atoms with Gasteiger partial charge in [-0.3, -0.25) is 9.59 Å². The fraction of sp³-hybridized carbons (Fsp3) is 0.500. The van der Waals surface area contributed by atoms with E-state index in [0.29, 0.717) is 6.54 Å². The summed E-state index contributed by atoms with van der Waals surface area (Å²) < 4.78 is 0. The Labute approximate surface area is 115 Å². The number of carbonyl (C=O) groups excluding carboxylic acids is 2. The number of ketones is 1. The molecule has 3 nitrogen and oxygen atoms in total. The second-order valence-corrected chi connectivity index (χ2v) is 5.32. The first-order valence-corrected chi connectivity index (χ1v) is 6.61. The number of rotatable bonds is 5. The van der Waals surface area contributed by atoms with Crippen LogP contribution < -0.4 is 0 Å². The van der Waals surface area contributed by atoms with Gasteiger partial charge in [-0.25, -0.2) is 0 Å². The first-order valence-electron chi connectivity index (χ1n) is 6.61. The zero-order chi connectivity index (χ0) is 14.6. The molecule has 0 radical (unpaired) electrons. The number of amides is 1. The van der Waals surface area contributed by atoms with Gasteiger partial charge < -0.3 is 4.90 Å². The lowest BCUT2D eigenvalue weighted by Crippen LogP contribution is -2.30. The number of hydrogen-bond acceptors (Lipinski definition) is 2. The van der Waals surface area contributed by atoms with Gasteiger partial charge in [-0.15, -0.1) is 0 Å². The van der Waals surface area contributed by atoms with E-state index in [1.54, 1.807) is 11.9 Å². The smallest absolute Gasteiger partial charge is 0.229 e. The lowest BCUT2D eigenvalue weighted by atomic mass is 9.97. The summed E-state index contributed by atoms with van der Waals surface area (Å²) in [6.07, 6.45) is 0.834. The second-order valence-electron chi connectivity index (χ2n) is 5.32. The molecule has 3 heteroatoms. The van der Waals surface area contributed by atoms with Crippen molar-refractivity contribution in [2.75, 3.05) is 13.6 Å². The molecule has 0 heterocycles. The summed E-state index contributed by atoms with van der Waals surface area (Å²) in [6.45, 7) is 8.39. The molecule has 1 rings (SSSR count). The third kappa shape index (κ3) is 4.51. The van der Waals surface area contributed by atoms with Crippen LogP contribution in [0.25, 0.3) is 0 Å². The van der Waals surface area contributed by atoms with Crippen LogP contribution in [0.15, 0.2) is 12.1 Å². The Morgan fingerprint density at radius 1 is 1.11 bits per heavy atom. The van der Waals surface area contributed by atoms with Crippen molar-refractivity contribution < 1.29 is 9.59 Å². The van der Waals surface area contributed by atoms with Gasteiger partial charge in [0, 0.05) is 13.6 Å². The monoisotopic (exact) mass is 261 g/mol. The molecule has 0 bridgehead atoms. The predicted molar refractivity (Wildman–Crippen MR) is 77.3 cm³/mol. The molecule has 0 fully saturated rings. The van der Waals surface area contributed by atoms with Crippen molar-refractivity contribution in [1.82, 2.24) is 4.90 Å². The third-order valence-corrected chi connectivity index (χ3v) is 3.36. The van der Waals surface area contributed by atoms with E-state index >= 15 is 0 Å². The molecule has 0 atom stereocenters. The van der Waals surface area contributed by atoms with Crippen molar-refractivity contribution in [2.45, 2.75) is 40.5 Å². The molecule has 0 aliphatic rings. The van der Waals surface area contributed by atoms with E-state index in [-0.39, 0.29) is 18.1 Å². The van der Waals surface area contributed by atoms with Crippen molar-refractivity contribution in [3.63, 3.8) is 0 Å². The summed E-state index contributed by atoms with van der Waals surface area (Å²) in [7, 11) is 1.75. The Balaban J connectivity index is 2.67. The molecule has 19 heavy (non-hydrogen) atoms. The molecule has 0 spiro atoms. The Bertz CT molecular complexity index is 469. The van der Waals surface area contributed by atoms with E-state index in [1.807, 2.05) is 0 Å². The average Bonchev–Trinajstić information content (AvgIpc) is 2.26. The molecule has 0 aromatic heterocycles. The van der Waals surface area contributed by atoms with E-state index in [1.165, 1.54) is 29.2 Å². The maximum Gasteiger partial charge on any atom is 0.229 e. The van der Waals surface area contributed by atoms with Crippen molar-refractivity contribution in [1.29, 1.82) is 0 Å². The van der Waals surface area contributed by atoms with Crippen LogP contribution in [0.4, 0.5) is 0 Å². The van der Waals surface area contributed by atoms with Crippen molar-refractivity contribution in [3.8, 4) is 0 Å². The Morgan fingerprint density at radius 2 is 1.63 bits per heavy atom. The van der Waals surface area contributed by atoms with E-state index in [0.717, 1.165) is 6.42 Å². The van der Waals surface area contributed by atoms with Crippen LogP contribution in [0.5, 0.6) is 0 Å². The van der Waals surface area contributed by atoms with Crippen LogP contribution in [-0.2, 0) is 16.0 Å². The molecule has 0 N–H and O–H groups in total. The zero-order valence-electron chi connectivity index (χ0n) is 12.5. The van der Waals surface area contributed by atoms with Crippen LogP contribution in [0, 0.1) is 20.8 Å². The van der Waals surface area contributed by atoms with Crippen molar-refractivity contribution in [3.05, 3.63) is 34.4 Å². The van der Waals surface area contributed by atoms with Gasteiger partial charge in [0.15, 0.2) is 0 Å². The fourth-order valence-corrected chi connectivity index (χ4v) is 2.36. The maximum atomic E-state index is 11.7. The molecule has 0 saturated carbocycles. The highest BCUT2D eigenvalue weighted by atomic mass is 16.2. The summed E-state index contributed by atoms with van der Waals surface area (Å²) >= 11 is 0. The average molecular weight is 261 g/mol. The Morgan fingerprint density at radius 3 is 2.11 bits per heavy atom. The zero-order valence-corrected chi connectivity index (χ0v) is 12.5. The van der Waals surface area contributed by atoms with Gasteiger partial charge in [0.05, 0.1) is 6.42 Å². The van der Waals surface area contributed by atoms with E-state index in [2.05, 4.69) is 32.9 Å². The number of hydrogen-bond donors (Lipinski definition) is 0. The molecule has 0 aliphatic heterocycles. The van der Waals surface area contributed by atoms with Gasteiger partial charge in [-0.1, -0.05) is 17.7 Å². The summed E-state index contributed by atoms with van der Waals surface area (Å²) in [5.41, 5.74) is 5.10. The highest BCUT2D eigenvalue weighted by Gasteiger charge is 2.12. The number of nitrogens with zero attached hydrogens (tertiary/aromatic N) is 1. The molecular weight excluding hydrogens is 238 g/mol. The summed E-state index contributed by atoms with van der Waals surface area (Å²) in [5, 5.41) is 0. The minimum atomic E-state index is -0.102. The molecule has 1 amide bonds. The first kappa shape index (κ1) is 15.4. The first-order chi connectivity index (χ1) is 8.81. The lowest BCUT2D eigenvalue weighted by Gasteiger charge is -2.18. The highest BCUT2D eigenvalue weighted by molar-refractivity contribution is 5.96. The van der Waals surface area contributed by atoms with Gasteiger partial charge >= 0.3 is 0 Å². The van der Waals surface area contributed by atoms with Gasteiger partial charge in [-0.05, 0) is 50.8 Å². The Kier molecular flexibility index (Phi) is 5.28. The van der Waals surface area contributed by atoms with Crippen LogP contribution >= 0.6 is 0 Å². The molecular formula is C16H23NO2. The predicted octanol–water partition coefficient (Wildman–Crippen LogP) is 2.59. The van der Waals surface area contributed by atoms with Crippen LogP contribution in [-0.4, -0.2) is 30.2 Å². The maximum absolute atomic E-state index is 11.7. The number of carbonyl (C=O) groups is 2. The van der Waals surface area contributed by atoms with Crippen LogP contribution in [0.3, 0.4) is 0 Å². The van der Waals surface area contributed by atoms with E-state index < -0.39 is 0 Å². The van der Waals surface area contributed by atoms with Gasteiger partial charge in [-0.2, -0.15) is 0 Å². The molecule has 1 aromatic carbocycles. The summed E-state index contributed by atoms with van der Waals surface area (Å²) in [5.74, 6) is -0.186. The largest absolute Gasteiger partial charge is 0.345 e. The Hall–Kier alpha value is -1.64. The standard InChI is InChI=1S/C16H23NO2/c1-11-8-12(2)15(13(3)9-11)6-7-17(5)16(19)10-14(4)18/h8-9H,6-7,10H2,1-5H3. The summed E-state index contributed by atoms with van der Waals surface area (Å²) in [6, 6.07) is 4.33. The SMILES string of the molecule is CC(=O)CC(=O)N(C)CCc1c(C)cc(C)cc1C. The second kappa shape index (κ2) is 6.50. The highest BCUT2D eigenvalue weighted by Crippen LogP contribution is 2.17. The van der Waals surface area contributed by atoms with Crippen LogP contribution in [0.1, 0.15) is 35.6 Å². The van der Waals surface area contributed by atoms with E-state index in [9.17, 15) is 9.59 Å². The van der Waals surface area contributed by atoms with Crippen LogP contribution in [0.2, 0.25) is 0 Å². The minimum Gasteiger partial charge on any atom is -0.345 e. The number of Topliss-reactive ketones (excluding diaryl/α,β-unsaturated/α-hetero) is 1. The van der Waals surface area contributed by atoms with Gasteiger partial charge in [0.1, 0.15) is 5.78 Å². The molecule has 0 aliphatic carbocycles. The summed E-state index contributed by atoms with van der Waals surface area (Å²) in [4.78, 5) is 24.3. The van der Waals surface area contributed by atoms with E-state index in [4.69, 9.17) is 0 Å². The molecule has 0 unspecified atom stereocenters. The topological polar surface area (TPSA) is 37.4 Å². The third-order valence-electron chi connectivity index (χ3n) is 3.36. The van der Waals surface area contributed by atoms with Crippen molar-refractivity contribution >= 4 is 11.7 Å². The lowest BCUT2D eigenvalue weighted by molar-refractivity contribution is -0.133. The molecule has 1 aromatic rings. The van der Waals surface area contributed by atoms with Gasteiger partial charge in [0.2, 0.25) is 5.91 Å². The quantitative estimate of drug-likeness (QED) is 0.764. The minimum absolute atomic E-state index is 0.00234. The van der Waals surface area contributed by atoms with Crippen molar-refractivity contribution in [2.24, 2.45) is 0 Å². The number of benzene rings is 1. The number of aryl methyl sites for hydroxylation is 3. The molecule has 104 valence electrons. The molecule has 0 saturated heterocycles.